The Balaban J connectivity index is 2.14. The zero-order valence-corrected chi connectivity index (χ0v) is 15.0. The summed E-state index contributed by atoms with van der Waals surface area (Å²) in [5.41, 5.74) is 2.74. The van der Waals surface area contributed by atoms with Crippen LogP contribution in [-0.2, 0) is 14.4 Å². The number of carbonyl (C=O) groups excluding carboxylic acids is 2. The molecule has 1 aliphatic rings. The summed E-state index contributed by atoms with van der Waals surface area (Å²) >= 11 is 0. The zero-order chi connectivity index (χ0) is 18.4. The van der Waals surface area contributed by atoms with Crippen LogP contribution in [0.1, 0.15) is 33.3 Å². The molecule has 0 heterocycles. The van der Waals surface area contributed by atoms with E-state index in [9.17, 15) is 9.59 Å². The average molecular weight is 337 g/mol. The van der Waals surface area contributed by atoms with Gasteiger partial charge in [-0.1, -0.05) is 63.2 Å². The number of allylic oxidation sites excluding steroid dienone is 4. The quantitative estimate of drug-likeness (QED) is 0.347. The molecule has 0 amide bonds. The van der Waals surface area contributed by atoms with Crippen LogP contribution in [0.25, 0.3) is 6.08 Å². The predicted octanol–water partition coefficient (Wildman–Crippen LogP) is 4.35. The van der Waals surface area contributed by atoms with Crippen LogP contribution < -0.4 is 0 Å². The number of hydrogen-bond acceptors (Lipinski definition) is 4. The van der Waals surface area contributed by atoms with Gasteiger partial charge in [-0.3, -0.25) is 4.79 Å². The Labute approximate surface area is 148 Å². The zero-order valence-electron chi connectivity index (χ0n) is 15.0. The van der Waals surface area contributed by atoms with Gasteiger partial charge in [0.1, 0.15) is 5.71 Å². The van der Waals surface area contributed by atoms with E-state index >= 15 is 0 Å². The van der Waals surface area contributed by atoms with Gasteiger partial charge in [0, 0.05) is 17.2 Å². The van der Waals surface area contributed by atoms with Crippen LogP contribution in [0.4, 0.5) is 0 Å². The number of rotatable bonds is 5. The highest BCUT2D eigenvalue weighted by atomic mass is 16.7. The molecule has 0 unspecified atom stereocenters. The van der Waals surface area contributed by atoms with Crippen LogP contribution in [0.2, 0.25) is 0 Å². The SMILES string of the molecule is CC(C)C1=CC(=NOC(=O)/C=C/c2ccccc2)C=C(C(C)C)C1=O. The summed E-state index contributed by atoms with van der Waals surface area (Å²) in [5, 5.41) is 3.91. The summed E-state index contributed by atoms with van der Waals surface area (Å²) in [7, 11) is 0. The third kappa shape index (κ3) is 5.11. The topological polar surface area (TPSA) is 55.7 Å². The molecule has 25 heavy (non-hydrogen) atoms. The molecule has 0 aromatic heterocycles. The van der Waals surface area contributed by atoms with Gasteiger partial charge in [-0.25, -0.2) is 4.79 Å². The number of hydrogen-bond donors (Lipinski definition) is 0. The van der Waals surface area contributed by atoms with Gasteiger partial charge in [-0.2, -0.15) is 0 Å². The summed E-state index contributed by atoms with van der Waals surface area (Å²) in [4.78, 5) is 29.2. The maximum absolute atomic E-state index is 12.4. The van der Waals surface area contributed by atoms with Crippen molar-refractivity contribution < 1.29 is 14.4 Å². The molecule has 0 radical (unpaired) electrons. The molecule has 0 fully saturated rings. The van der Waals surface area contributed by atoms with E-state index in [1.165, 1.54) is 6.08 Å². The van der Waals surface area contributed by atoms with Crippen molar-refractivity contribution in [3.05, 3.63) is 65.3 Å². The fourth-order valence-corrected chi connectivity index (χ4v) is 2.43. The van der Waals surface area contributed by atoms with Crippen LogP contribution in [0, 0.1) is 11.8 Å². The second-order valence-corrected chi connectivity index (χ2v) is 6.51. The first-order valence-electron chi connectivity index (χ1n) is 8.38. The van der Waals surface area contributed by atoms with Crippen LogP contribution in [-0.4, -0.2) is 17.5 Å². The van der Waals surface area contributed by atoms with Crippen LogP contribution in [0.15, 0.2) is 64.9 Å². The molecular formula is C21H23NO3. The molecule has 0 aliphatic heterocycles. The Kier molecular flexibility index (Phi) is 6.23. The minimum Gasteiger partial charge on any atom is -0.313 e. The first-order chi connectivity index (χ1) is 11.9. The molecule has 4 nitrogen and oxygen atoms in total. The molecule has 1 aromatic carbocycles. The highest BCUT2D eigenvalue weighted by molar-refractivity contribution is 6.22. The number of carbonyl (C=O) groups is 2. The maximum atomic E-state index is 12.4. The van der Waals surface area contributed by atoms with Crippen molar-refractivity contribution in [3.8, 4) is 0 Å². The van der Waals surface area contributed by atoms with Gasteiger partial charge in [-0.05, 0) is 35.6 Å². The van der Waals surface area contributed by atoms with E-state index in [0.717, 1.165) is 5.56 Å². The summed E-state index contributed by atoms with van der Waals surface area (Å²) in [6.45, 7) is 7.83. The monoisotopic (exact) mass is 337 g/mol. The van der Waals surface area contributed by atoms with Gasteiger partial charge in [0.05, 0.1) is 0 Å². The highest BCUT2D eigenvalue weighted by Gasteiger charge is 2.24. The fraction of sp³-hybridized carbons (Fsp3) is 0.286. The lowest BCUT2D eigenvalue weighted by Gasteiger charge is -2.19. The van der Waals surface area contributed by atoms with Gasteiger partial charge in [0.2, 0.25) is 0 Å². The lowest BCUT2D eigenvalue weighted by molar-refractivity contribution is -0.137. The Morgan fingerprint density at radius 1 is 1.00 bits per heavy atom. The van der Waals surface area contributed by atoms with Crippen LogP contribution >= 0.6 is 0 Å². The Bertz CT molecular complexity index is 736. The summed E-state index contributed by atoms with van der Waals surface area (Å²) in [5.74, 6) is -0.367. The van der Waals surface area contributed by atoms with E-state index in [-0.39, 0.29) is 17.6 Å². The molecule has 2 rings (SSSR count). The lowest BCUT2D eigenvalue weighted by Crippen LogP contribution is -2.21. The second-order valence-electron chi connectivity index (χ2n) is 6.51. The first kappa shape index (κ1) is 18.6. The van der Waals surface area contributed by atoms with Crippen molar-refractivity contribution >= 4 is 23.5 Å². The number of Topliss-reactive ketones (excluding diaryl/α,β-unsaturated/α-hetero) is 1. The smallest absolute Gasteiger partial charge is 0.313 e. The Hall–Kier alpha value is -2.75. The molecule has 0 saturated carbocycles. The molecule has 1 aliphatic carbocycles. The van der Waals surface area contributed by atoms with Gasteiger partial charge >= 0.3 is 5.97 Å². The van der Waals surface area contributed by atoms with Crippen LogP contribution in [0.5, 0.6) is 0 Å². The van der Waals surface area contributed by atoms with E-state index in [1.54, 1.807) is 18.2 Å². The fourth-order valence-electron chi connectivity index (χ4n) is 2.43. The summed E-state index contributed by atoms with van der Waals surface area (Å²) in [6, 6.07) is 9.46. The first-order valence-corrected chi connectivity index (χ1v) is 8.38. The Morgan fingerprint density at radius 3 is 2.08 bits per heavy atom. The lowest BCUT2D eigenvalue weighted by atomic mass is 9.84. The van der Waals surface area contributed by atoms with Crippen molar-refractivity contribution in [1.29, 1.82) is 0 Å². The minimum atomic E-state index is -0.563. The minimum absolute atomic E-state index is 0.0410. The summed E-state index contributed by atoms with van der Waals surface area (Å²) < 4.78 is 0. The number of ketones is 1. The van der Waals surface area contributed by atoms with Crippen molar-refractivity contribution in [3.63, 3.8) is 0 Å². The van der Waals surface area contributed by atoms with Gasteiger partial charge < -0.3 is 4.84 Å². The normalized spacial score (nSPS) is 14.8. The third-order valence-electron chi connectivity index (χ3n) is 3.83. The van der Waals surface area contributed by atoms with E-state index < -0.39 is 5.97 Å². The molecule has 4 heteroatoms. The van der Waals surface area contributed by atoms with Crippen LogP contribution in [0.3, 0.4) is 0 Å². The van der Waals surface area contributed by atoms with Crippen molar-refractivity contribution in [2.75, 3.05) is 0 Å². The predicted molar refractivity (Wildman–Crippen MR) is 99.9 cm³/mol. The van der Waals surface area contributed by atoms with E-state index in [2.05, 4.69) is 5.16 Å². The standard InChI is InChI=1S/C21H23NO3/c1-14(2)18-12-17(13-19(15(3)4)21(18)24)22-25-20(23)11-10-16-8-6-5-7-9-16/h5-15H,1-4H3/b11-10+. The van der Waals surface area contributed by atoms with Crippen molar-refractivity contribution in [2.45, 2.75) is 27.7 Å². The molecule has 130 valence electrons. The number of benzene rings is 1. The molecular weight excluding hydrogens is 314 g/mol. The second kappa shape index (κ2) is 8.38. The van der Waals surface area contributed by atoms with Crippen molar-refractivity contribution in [2.24, 2.45) is 17.0 Å². The van der Waals surface area contributed by atoms with E-state index in [4.69, 9.17) is 4.84 Å². The van der Waals surface area contributed by atoms with Gasteiger partial charge in [0.15, 0.2) is 5.78 Å². The van der Waals surface area contributed by atoms with Crippen molar-refractivity contribution in [1.82, 2.24) is 0 Å². The molecule has 1 aromatic rings. The maximum Gasteiger partial charge on any atom is 0.358 e. The number of nitrogens with zero attached hydrogens (tertiary/aromatic N) is 1. The third-order valence-corrected chi connectivity index (χ3v) is 3.83. The Morgan fingerprint density at radius 2 is 1.56 bits per heavy atom. The average Bonchev–Trinajstić information content (AvgIpc) is 2.59. The van der Waals surface area contributed by atoms with Gasteiger partial charge in [0.25, 0.3) is 0 Å². The molecule has 0 saturated heterocycles. The summed E-state index contributed by atoms with van der Waals surface area (Å²) in [6.07, 6.45) is 6.37. The molecule has 0 spiro atoms. The van der Waals surface area contributed by atoms with E-state index in [1.807, 2.05) is 58.0 Å². The molecule has 0 bridgehead atoms. The largest absolute Gasteiger partial charge is 0.358 e. The molecule has 0 N–H and O–H groups in total. The number of oxime groups is 1. The van der Waals surface area contributed by atoms with E-state index in [0.29, 0.717) is 16.9 Å². The molecule has 0 atom stereocenters. The highest BCUT2D eigenvalue weighted by Crippen LogP contribution is 2.25. The van der Waals surface area contributed by atoms with Gasteiger partial charge in [-0.15, -0.1) is 0 Å².